The summed E-state index contributed by atoms with van der Waals surface area (Å²) in [5.41, 5.74) is 3.66. The van der Waals surface area contributed by atoms with Crippen molar-refractivity contribution >= 4 is 5.91 Å². The van der Waals surface area contributed by atoms with Crippen LogP contribution in [0.2, 0.25) is 0 Å². The molecule has 0 N–H and O–H groups in total. The van der Waals surface area contributed by atoms with Gasteiger partial charge in [0.1, 0.15) is 11.9 Å². The summed E-state index contributed by atoms with van der Waals surface area (Å²) < 4.78 is 6.34. The third kappa shape index (κ3) is 4.22. The number of nitrogens with zero attached hydrogens (tertiary/aromatic N) is 3. The van der Waals surface area contributed by atoms with Gasteiger partial charge in [0.05, 0.1) is 0 Å². The number of amides is 1. The van der Waals surface area contributed by atoms with Crippen LogP contribution in [-0.2, 0) is 12.8 Å². The first-order valence-corrected chi connectivity index (χ1v) is 11.5. The van der Waals surface area contributed by atoms with Gasteiger partial charge in [-0.1, -0.05) is 12.5 Å². The summed E-state index contributed by atoms with van der Waals surface area (Å²) in [5.74, 6) is 1.08. The Hall–Kier alpha value is -2.40. The molecule has 158 valence electrons. The fourth-order valence-corrected chi connectivity index (χ4v) is 4.96. The number of benzene rings is 1. The highest BCUT2D eigenvalue weighted by atomic mass is 16.5. The first kappa shape index (κ1) is 19.6. The lowest BCUT2D eigenvalue weighted by molar-refractivity contribution is 0.0595. The van der Waals surface area contributed by atoms with Gasteiger partial charge in [0.2, 0.25) is 0 Å². The molecular weight excluding hydrogens is 374 g/mol. The zero-order valence-electron chi connectivity index (χ0n) is 17.6. The van der Waals surface area contributed by atoms with E-state index in [4.69, 9.17) is 4.74 Å². The maximum Gasteiger partial charge on any atom is 0.253 e. The summed E-state index contributed by atoms with van der Waals surface area (Å²) >= 11 is 0. The van der Waals surface area contributed by atoms with E-state index in [0.717, 1.165) is 50.6 Å². The third-order valence-corrected chi connectivity index (χ3v) is 7.06. The number of piperidine rings is 1. The average molecular weight is 406 g/mol. The zero-order valence-corrected chi connectivity index (χ0v) is 17.6. The topological polar surface area (TPSA) is 45.7 Å². The van der Waals surface area contributed by atoms with Crippen LogP contribution < -0.4 is 4.74 Å². The van der Waals surface area contributed by atoms with Gasteiger partial charge in [-0.2, -0.15) is 0 Å². The standard InChI is InChI=1S/C25H31N3O2/c29-25(20-6-12-26-13-7-20)28-16-10-23(11-17-28)30-24-5-4-19-8-14-27(22-2-1-3-22)15-9-21(19)18-24/h4-7,12-13,18,22-23H,1-3,8-11,14-17H2. The molecule has 1 amide bonds. The largest absolute Gasteiger partial charge is 0.490 e. The zero-order chi connectivity index (χ0) is 20.3. The third-order valence-electron chi connectivity index (χ3n) is 7.06. The van der Waals surface area contributed by atoms with Crippen molar-refractivity contribution in [2.45, 2.75) is 57.1 Å². The van der Waals surface area contributed by atoms with Crippen molar-refractivity contribution in [1.82, 2.24) is 14.8 Å². The van der Waals surface area contributed by atoms with Gasteiger partial charge in [0.25, 0.3) is 5.91 Å². The van der Waals surface area contributed by atoms with Crippen molar-refractivity contribution in [2.75, 3.05) is 26.2 Å². The highest BCUT2D eigenvalue weighted by molar-refractivity contribution is 5.94. The average Bonchev–Trinajstić information content (AvgIpc) is 2.96. The number of rotatable bonds is 4. The quantitative estimate of drug-likeness (QED) is 0.778. The first-order chi connectivity index (χ1) is 14.8. The maximum atomic E-state index is 12.6. The van der Waals surface area contributed by atoms with Crippen molar-refractivity contribution in [3.8, 4) is 5.75 Å². The van der Waals surface area contributed by atoms with Gasteiger partial charge in [-0.15, -0.1) is 0 Å². The highest BCUT2D eigenvalue weighted by Gasteiger charge is 2.27. The van der Waals surface area contributed by atoms with Gasteiger partial charge in [-0.05, 0) is 61.1 Å². The fraction of sp³-hybridized carbons (Fsp3) is 0.520. The van der Waals surface area contributed by atoms with Crippen LogP contribution in [0.4, 0.5) is 0 Å². The molecular formula is C25H31N3O2. The number of hydrogen-bond donors (Lipinski definition) is 0. The molecule has 5 heteroatoms. The van der Waals surface area contributed by atoms with Crippen molar-refractivity contribution in [1.29, 1.82) is 0 Å². The lowest BCUT2D eigenvalue weighted by Gasteiger charge is -2.36. The number of carbonyl (C=O) groups excluding carboxylic acids is 1. The van der Waals surface area contributed by atoms with Gasteiger partial charge >= 0.3 is 0 Å². The van der Waals surface area contributed by atoms with Gasteiger partial charge in [-0.3, -0.25) is 14.7 Å². The van der Waals surface area contributed by atoms with E-state index in [1.165, 1.54) is 43.5 Å². The smallest absolute Gasteiger partial charge is 0.253 e. The number of fused-ring (bicyclic) bond motifs is 1. The van der Waals surface area contributed by atoms with Crippen molar-refractivity contribution < 1.29 is 9.53 Å². The Kier molecular flexibility index (Phi) is 5.71. The van der Waals surface area contributed by atoms with E-state index in [-0.39, 0.29) is 12.0 Å². The van der Waals surface area contributed by atoms with Crippen LogP contribution >= 0.6 is 0 Å². The van der Waals surface area contributed by atoms with Gasteiger partial charge in [0, 0.05) is 63.0 Å². The van der Waals surface area contributed by atoms with Crippen LogP contribution in [-0.4, -0.2) is 59.0 Å². The second-order valence-electron chi connectivity index (χ2n) is 8.90. The Morgan fingerprint density at radius 3 is 2.33 bits per heavy atom. The first-order valence-electron chi connectivity index (χ1n) is 11.5. The maximum absolute atomic E-state index is 12.6. The lowest BCUT2D eigenvalue weighted by atomic mass is 9.91. The molecule has 2 aliphatic heterocycles. The Morgan fingerprint density at radius 1 is 0.900 bits per heavy atom. The predicted octanol–water partition coefficient (Wildman–Crippen LogP) is 3.72. The second-order valence-corrected chi connectivity index (χ2v) is 8.90. The van der Waals surface area contributed by atoms with E-state index >= 15 is 0 Å². The van der Waals surface area contributed by atoms with E-state index in [1.807, 2.05) is 4.90 Å². The Balaban J connectivity index is 1.16. The minimum absolute atomic E-state index is 0.0943. The summed E-state index contributed by atoms with van der Waals surface area (Å²) in [7, 11) is 0. The molecule has 2 aromatic rings. The van der Waals surface area contributed by atoms with Crippen molar-refractivity contribution in [3.05, 3.63) is 59.4 Å². The molecule has 1 aromatic heterocycles. The molecule has 5 rings (SSSR count). The number of pyridine rings is 1. The Morgan fingerprint density at radius 2 is 1.63 bits per heavy atom. The van der Waals surface area contributed by atoms with Gasteiger partial charge in [-0.25, -0.2) is 0 Å². The van der Waals surface area contributed by atoms with Crippen LogP contribution in [0.5, 0.6) is 5.75 Å². The summed E-state index contributed by atoms with van der Waals surface area (Å²) in [5, 5.41) is 0. The molecule has 0 bridgehead atoms. The molecule has 1 saturated heterocycles. The summed E-state index contributed by atoms with van der Waals surface area (Å²) in [6.45, 7) is 3.86. The lowest BCUT2D eigenvalue weighted by Crippen LogP contribution is -2.41. The molecule has 5 nitrogen and oxygen atoms in total. The molecule has 1 aliphatic carbocycles. The molecule has 3 heterocycles. The Bertz CT molecular complexity index is 873. The van der Waals surface area contributed by atoms with Crippen LogP contribution in [0, 0.1) is 0 Å². The second kappa shape index (κ2) is 8.76. The molecule has 2 fully saturated rings. The summed E-state index contributed by atoms with van der Waals surface area (Å²) in [6, 6.07) is 11.1. The molecule has 0 atom stereocenters. The predicted molar refractivity (Wildman–Crippen MR) is 117 cm³/mol. The van der Waals surface area contributed by atoms with Crippen LogP contribution in [0.3, 0.4) is 0 Å². The van der Waals surface area contributed by atoms with Crippen molar-refractivity contribution in [2.24, 2.45) is 0 Å². The number of likely N-dealkylation sites (tertiary alicyclic amines) is 1. The number of hydrogen-bond acceptors (Lipinski definition) is 4. The van der Waals surface area contributed by atoms with Crippen LogP contribution in [0.15, 0.2) is 42.7 Å². The molecule has 3 aliphatic rings. The van der Waals surface area contributed by atoms with Crippen LogP contribution in [0.25, 0.3) is 0 Å². The molecule has 1 aromatic carbocycles. The minimum atomic E-state index is 0.0943. The molecule has 1 saturated carbocycles. The minimum Gasteiger partial charge on any atom is -0.490 e. The van der Waals surface area contributed by atoms with E-state index in [2.05, 4.69) is 28.1 Å². The molecule has 30 heavy (non-hydrogen) atoms. The van der Waals surface area contributed by atoms with Gasteiger partial charge < -0.3 is 9.64 Å². The Labute approximate surface area is 179 Å². The van der Waals surface area contributed by atoms with E-state index in [1.54, 1.807) is 24.5 Å². The highest BCUT2D eigenvalue weighted by Crippen LogP contribution is 2.29. The van der Waals surface area contributed by atoms with E-state index < -0.39 is 0 Å². The monoisotopic (exact) mass is 405 g/mol. The summed E-state index contributed by atoms with van der Waals surface area (Å²) in [6.07, 6.45) is 11.7. The normalized spacial score (nSPS) is 20.9. The molecule has 0 spiro atoms. The fourth-order valence-electron chi connectivity index (χ4n) is 4.96. The number of carbonyl (C=O) groups is 1. The number of aromatic nitrogens is 1. The molecule has 0 unspecified atom stereocenters. The van der Waals surface area contributed by atoms with Crippen LogP contribution in [0.1, 0.15) is 53.6 Å². The van der Waals surface area contributed by atoms with E-state index in [9.17, 15) is 4.79 Å². The summed E-state index contributed by atoms with van der Waals surface area (Å²) in [4.78, 5) is 21.2. The van der Waals surface area contributed by atoms with Gasteiger partial charge in [0.15, 0.2) is 0 Å². The SMILES string of the molecule is O=C(c1ccncc1)N1CCC(Oc2ccc3c(c2)CCN(C2CCC2)CC3)CC1. The number of ether oxygens (including phenoxy) is 1. The van der Waals surface area contributed by atoms with Crippen molar-refractivity contribution in [3.63, 3.8) is 0 Å². The van der Waals surface area contributed by atoms with E-state index in [0.29, 0.717) is 5.56 Å². The molecule has 0 radical (unpaired) electrons.